The molecule has 0 aliphatic carbocycles. The fourth-order valence-electron chi connectivity index (χ4n) is 2.04. The van der Waals surface area contributed by atoms with Crippen LogP contribution in [-0.2, 0) is 11.3 Å². The largest absolute Gasteiger partial charge is 0.347 e. The summed E-state index contributed by atoms with van der Waals surface area (Å²) in [5, 5.41) is 4.11. The van der Waals surface area contributed by atoms with E-state index in [9.17, 15) is 4.79 Å². The molecule has 0 aliphatic heterocycles. The second-order valence-electron chi connectivity index (χ2n) is 5.88. The fourth-order valence-corrected chi connectivity index (χ4v) is 2.25. The van der Waals surface area contributed by atoms with Crippen molar-refractivity contribution < 1.29 is 4.79 Å². The van der Waals surface area contributed by atoms with Gasteiger partial charge in [-0.05, 0) is 36.5 Å². The van der Waals surface area contributed by atoms with E-state index in [-0.39, 0.29) is 11.9 Å². The molecule has 0 saturated heterocycles. The van der Waals surface area contributed by atoms with Crippen LogP contribution in [0.1, 0.15) is 31.4 Å². The Morgan fingerprint density at radius 1 is 1.35 bits per heavy atom. The molecule has 0 aliphatic rings. The topological polar surface area (TPSA) is 32.3 Å². The predicted octanol–water partition coefficient (Wildman–Crippen LogP) is 3.24. The third-order valence-electron chi connectivity index (χ3n) is 3.23. The van der Waals surface area contributed by atoms with Gasteiger partial charge >= 0.3 is 0 Å². The van der Waals surface area contributed by atoms with Gasteiger partial charge in [-0.15, -0.1) is 0 Å². The SMILES string of the molecule is Cc1ccc(CNC(CC(C)C)C(=O)N(C)C)cc1Cl. The van der Waals surface area contributed by atoms with Gasteiger partial charge in [-0.3, -0.25) is 4.79 Å². The molecule has 0 bridgehead atoms. The van der Waals surface area contributed by atoms with E-state index in [0.29, 0.717) is 12.5 Å². The highest BCUT2D eigenvalue weighted by atomic mass is 35.5. The van der Waals surface area contributed by atoms with E-state index in [1.807, 2.05) is 25.1 Å². The first-order valence-corrected chi connectivity index (χ1v) is 7.38. The molecule has 3 nitrogen and oxygen atoms in total. The number of rotatable bonds is 6. The van der Waals surface area contributed by atoms with Crippen molar-refractivity contribution in [3.63, 3.8) is 0 Å². The van der Waals surface area contributed by atoms with Gasteiger partial charge in [-0.25, -0.2) is 0 Å². The van der Waals surface area contributed by atoms with Gasteiger partial charge < -0.3 is 10.2 Å². The molecular weight excluding hydrogens is 272 g/mol. The minimum Gasteiger partial charge on any atom is -0.347 e. The highest BCUT2D eigenvalue weighted by Gasteiger charge is 2.20. The fraction of sp³-hybridized carbons (Fsp3) is 0.562. The van der Waals surface area contributed by atoms with E-state index in [4.69, 9.17) is 11.6 Å². The predicted molar refractivity (Wildman–Crippen MR) is 85.0 cm³/mol. The third kappa shape index (κ3) is 5.14. The molecule has 0 fully saturated rings. The Morgan fingerprint density at radius 3 is 2.50 bits per heavy atom. The molecule has 0 heterocycles. The van der Waals surface area contributed by atoms with Crippen molar-refractivity contribution in [2.45, 2.75) is 39.8 Å². The standard InChI is InChI=1S/C16H25ClN2O/c1-11(2)8-15(16(20)19(4)5)18-10-13-7-6-12(3)14(17)9-13/h6-7,9,11,15,18H,8,10H2,1-5H3. The van der Waals surface area contributed by atoms with Gasteiger partial charge in [0, 0.05) is 25.7 Å². The molecule has 4 heteroatoms. The summed E-state index contributed by atoms with van der Waals surface area (Å²) in [6.07, 6.45) is 0.830. The Hall–Kier alpha value is -1.06. The van der Waals surface area contributed by atoms with Crippen molar-refractivity contribution in [1.82, 2.24) is 10.2 Å². The van der Waals surface area contributed by atoms with E-state index < -0.39 is 0 Å². The van der Waals surface area contributed by atoms with Crippen molar-refractivity contribution in [2.75, 3.05) is 14.1 Å². The smallest absolute Gasteiger partial charge is 0.239 e. The van der Waals surface area contributed by atoms with Gasteiger partial charge in [0.05, 0.1) is 6.04 Å². The first kappa shape index (κ1) is 17.0. The van der Waals surface area contributed by atoms with E-state index in [2.05, 4.69) is 19.2 Å². The maximum atomic E-state index is 12.2. The van der Waals surface area contributed by atoms with Crippen LogP contribution in [0.3, 0.4) is 0 Å². The zero-order chi connectivity index (χ0) is 15.3. The maximum Gasteiger partial charge on any atom is 0.239 e. The van der Waals surface area contributed by atoms with Crippen LogP contribution < -0.4 is 5.32 Å². The van der Waals surface area contributed by atoms with Crippen LogP contribution >= 0.6 is 11.6 Å². The van der Waals surface area contributed by atoms with Crippen molar-refractivity contribution in [1.29, 1.82) is 0 Å². The van der Waals surface area contributed by atoms with Crippen LogP contribution in [-0.4, -0.2) is 30.9 Å². The number of halogens is 1. The second-order valence-corrected chi connectivity index (χ2v) is 6.29. The molecule has 0 spiro atoms. The molecule has 1 amide bonds. The maximum absolute atomic E-state index is 12.2. The Labute approximate surface area is 127 Å². The van der Waals surface area contributed by atoms with Gasteiger partial charge in [0.1, 0.15) is 0 Å². The van der Waals surface area contributed by atoms with E-state index >= 15 is 0 Å². The number of nitrogens with one attached hydrogen (secondary N) is 1. The number of hydrogen-bond acceptors (Lipinski definition) is 2. The first-order valence-electron chi connectivity index (χ1n) is 7.00. The molecule has 20 heavy (non-hydrogen) atoms. The summed E-state index contributed by atoms with van der Waals surface area (Å²) in [5.41, 5.74) is 2.17. The van der Waals surface area contributed by atoms with E-state index in [1.165, 1.54) is 0 Å². The molecule has 0 aromatic heterocycles. The number of hydrogen-bond donors (Lipinski definition) is 1. The van der Waals surface area contributed by atoms with Crippen LogP contribution in [0.25, 0.3) is 0 Å². The lowest BCUT2D eigenvalue weighted by Crippen LogP contribution is -2.44. The Kier molecular flexibility index (Phi) is 6.50. The Balaban J connectivity index is 2.70. The number of aryl methyl sites for hydroxylation is 1. The zero-order valence-electron chi connectivity index (χ0n) is 13.0. The quantitative estimate of drug-likeness (QED) is 0.874. The lowest BCUT2D eigenvalue weighted by Gasteiger charge is -2.23. The van der Waals surface area contributed by atoms with Gasteiger partial charge in [0.2, 0.25) is 5.91 Å². The Bertz CT molecular complexity index is 458. The summed E-state index contributed by atoms with van der Waals surface area (Å²) in [4.78, 5) is 13.8. The minimum atomic E-state index is -0.148. The number of likely N-dealkylation sites (N-methyl/N-ethyl adjacent to an activating group) is 1. The molecule has 1 rings (SSSR count). The van der Waals surface area contributed by atoms with Crippen molar-refractivity contribution in [2.24, 2.45) is 5.92 Å². The summed E-state index contributed by atoms with van der Waals surface area (Å²) >= 11 is 6.12. The van der Waals surface area contributed by atoms with Crippen LogP contribution in [0.15, 0.2) is 18.2 Å². The molecule has 112 valence electrons. The number of nitrogens with zero attached hydrogens (tertiary/aromatic N) is 1. The van der Waals surface area contributed by atoms with Gasteiger partial charge in [0.25, 0.3) is 0 Å². The zero-order valence-corrected chi connectivity index (χ0v) is 13.8. The highest BCUT2D eigenvalue weighted by molar-refractivity contribution is 6.31. The van der Waals surface area contributed by atoms with E-state index in [1.54, 1.807) is 19.0 Å². The first-order chi connectivity index (χ1) is 9.31. The molecule has 1 aromatic rings. The van der Waals surface area contributed by atoms with Crippen molar-refractivity contribution in [3.05, 3.63) is 34.3 Å². The van der Waals surface area contributed by atoms with Crippen LogP contribution in [0.5, 0.6) is 0 Å². The molecule has 1 N–H and O–H groups in total. The summed E-state index contributed by atoms with van der Waals surface area (Å²) in [6, 6.07) is 5.85. The molecule has 0 saturated carbocycles. The monoisotopic (exact) mass is 296 g/mol. The Morgan fingerprint density at radius 2 is 2.00 bits per heavy atom. The minimum absolute atomic E-state index is 0.122. The molecule has 1 unspecified atom stereocenters. The van der Waals surface area contributed by atoms with Crippen molar-refractivity contribution >= 4 is 17.5 Å². The molecule has 1 atom stereocenters. The summed E-state index contributed by atoms with van der Waals surface area (Å²) in [6.45, 7) is 6.88. The highest BCUT2D eigenvalue weighted by Crippen LogP contribution is 2.17. The third-order valence-corrected chi connectivity index (χ3v) is 3.64. The second kappa shape index (κ2) is 7.65. The number of benzene rings is 1. The van der Waals surface area contributed by atoms with Gasteiger partial charge in [-0.2, -0.15) is 0 Å². The van der Waals surface area contributed by atoms with Crippen LogP contribution in [0, 0.1) is 12.8 Å². The lowest BCUT2D eigenvalue weighted by molar-refractivity contribution is -0.131. The normalized spacial score (nSPS) is 12.6. The number of amides is 1. The van der Waals surface area contributed by atoms with Crippen molar-refractivity contribution in [3.8, 4) is 0 Å². The molecule has 1 aromatic carbocycles. The molecular formula is C16H25ClN2O. The summed E-state index contributed by atoms with van der Waals surface area (Å²) in [5.74, 6) is 0.593. The van der Waals surface area contributed by atoms with Gasteiger partial charge in [-0.1, -0.05) is 37.6 Å². The van der Waals surface area contributed by atoms with Crippen LogP contribution in [0.4, 0.5) is 0 Å². The summed E-state index contributed by atoms with van der Waals surface area (Å²) < 4.78 is 0. The number of carbonyl (C=O) groups is 1. The van der Waals surface area contributed by atoms with Gasteiger partial charge in [0.15, 0.2) is 0 Å². The van der Waals surface area contributed by atoms with Crippen LogP contribution in [0.2, 0.25) is 5.02 Å². The summed E-state index contributed by atoms with van der Waals surface area (Å²) in [7, 11) is 3.58. The lowest BCUT2D eigenvalue weighted by atomic mass is 10.0. The van der Waals surface area contributed by atoms with E-state index in [0.717, 1.165) is 22.6 Å². The average molecular weight is 297 g/mol. The number of carbonyl (C=O) groups excluding carboxylic acids is 1. The average Bonchev–Trinajstić information content (AvgIpc) is 2.37. The molecule has 0 radical (unpaired) electrons.